The summed E-state index contributed by atoms with van der Waals surface area (Å²) < 4.78 is 4.76. The first-order valence-corrected chi connectivity index (χ1v) is 5.67. The van der Waals surface area contributed by atoms with Crippen molar-refractivity contribution in [2.75, 3.05) is 26.2 Å². The van der Waals surface area contributed by atoms with E-state index in [1.807, 2.05) is 6.92 Å². The van der Waals surface area contributed by atoms with E-state index >= 15 is 0 Å². The lowest BCUT2D eigenvalue weighted by molar-refractivity contribution is -0.137. The lowest BCUT2D eigenvalue weighted by atomic mass is 10.1. The molecule has 0 saturated carbocycles. The fraction of sp³-hybridized carbons (Fsp3) is 0.750. The van der Waals surface area contributed by atoms with Crippen LogP contribution in [0.25, 0.3) is 0 Å². The zero-order chi connectivity index (χ0) is 12.6. The summed E-state index contributed by atoms with van der Waals surface area (Å²) in [5.41, 5.74) is -0.715. The van der Waals surface area contributed by atoms with E-state index in [0.29, 0.717) is 19.7 Å². The molecule has 0 aromatic carbocycles. The van der Waals surface area contributed by atoms with Gasteiger partial charge in [-0.05, 0) is 27.3 Å². The van der Waals surface area contributed by atoms with Crippen LogP contribution in [0.3, 0.4) is 0 Å². The van der Waals surface area contributed by atoms with Gasteiger partial charge in [0.2, 0.25) is 0 Å². The molecule has 0 fully saturated rings. The molecule has 94 valence electrons. The van der Waals surface area contributed by atoms with Crippen LogP contribution in [0.1, 0.15) is 27.7 Å². The summed E-state index contributed by atoms with van der Waals surface area (Å²) in [7, 11) is 0. The largest absolute Gasteiger partial charge is 0.463 e. The summed E-state index contributed by atoms with van der Waals surface area (Å²) in [6.45, 7) is 9.77. The second-order valence-corrected chi connectivity index (χ2v) is 4.29. The van der Waals surface area contributed by atoms with Crippen LogP contribution in [0.15, 0.2) is 12.2 Å². The van der Waals surface area contributed by atoms with Crippen molar-refractivity contribution in [1.82, 2.24) is 4.90 Å². The van der Waals surface area contributed by atoms with E-state index in [2.05, 4.69) is 4.90 Å². The van der Waals surface area contributed by atoms with Gasteiger partial charge in [0.25, 0.3) is 0 Å². The molecule has 0 bridgehead atoms. The first-order chi connectivity index (χ1) is 7.39. The van der Waals surface area contributed by atoms with Gasteiger partial charge in [-0.25, -0.2) is 4.79 Å². The first kappa shape index (κ1) is 15.1. The highest BCUT2D eigenvalue weighted by Gasteiger charge is 2.15. The van der Waals surface area contributed by atoms with Gasteiger partial charge in [0, 0.05) is 19.2 Å². The molecule has 0 atom stereocenters. The van der Waals surface area contributed by atoms with Gasteiger partial charge in [0.1, 0.15) is 0 Å². The minimum absolute atomic E-state index is 0.318. The second kappa shape index (κ2) is 7.41. The molecular formula is C12H23NO3. The summed E-state index contributed by atoms with van der Waals surface area (Å²) in [4.78, 5) is 13.1. The molecule has 0 aromatic rings. The standard InChI is InChI=1S/C12H23NO3/c1-5-13(10-12(3,4)15)9-7-8-11(14)16-6-2/h7-8,15H,5-6,9-10H2,1-4H3/b8-7+. The van der Waals surface area contributed by atoms with E-state index in [-0.39, 0.29) is 5.97 Å². The third-order valence-corrected chi connectivity index (χ3v) is 1.96. The monoisotopic (exact) mass is 229 g/mol. The van der Waals surface area contributed by atoms with Gasteiger partial charge in [-0.1, -0.05) is 13.0 Å². The van der Waals surface area contributed by atoms with Crippen LogP contribution in [-0.4, -0.2) is 47.8 Å². The third kappa shape index (κ3) is 8.44. The average molecular weight is 229 g/mol. The third-order valence-electron chi connectivity index (χ3n) is 1.96. The van der Waals surface area contributed by atoms with Crippen molar-refractivity contribution in [2.45, 2.75) is 33.3 Å². The summed E-state index contributed by atoms with van der Waals surface area (Å²) in [6.07, 6.45) is 3.18. The maximum atomic E-state index is 11.0. The van der Waals surface area contributed by atoms with Crippen LogP contribution >= 0.6 is 0 Å². The number of hydrogen-bond acceptors (Lipinski definition) is 4. The predicted molar refractivity (Wildman–Crippen MR) is 64.2 cm³/mol. The van der Waals surface area contributed by atoms with Gasteiger partial charge in [-0.3, -0.25) is 4.90 Å². The van der Waals surface area contributed by atoms with Crippen LogP contribution in [0.5, 0.6) is 0 Å². The molecule has 0 rings (SSSR count). The Labute approximate surface area is 97.9 Å². The summed E-state index contributed by atoms with van der Waals surface area (Å²) in [5, 5.41) is 9.65. The molecule has 4 heteroatoms. The van der Waals surface area contributed by atoms with E-state index in [9.17, 15) is 9.90 Å². The lowest BCUT2D eigenvalue weighted by Gasteiger charge is -2.26. The molecule has 1 N–H and O–H groups in total. The van der Waals surface area contributed by atoms with Crippen LogP contribution in [-0.2, 0) is 9.53 Å². The first-order valence-electron chi connectivity index (χ1n) is 5.67. The molecule has 0 aliphatic heterocycles. The molecule has 16 heavy (non-hydrogen) atoms. The van der Waals surface area contributed by atoms with Crippen molar-refractivity contribution < 1.29 is 14.6 Å². The van der Waals surface area contributed by atoms with Gasteiger partial charge in [-0.2, -0.15) is 0 Å². The second-order valence-electron chi connectivity index (χ2n) is 4.29. The quantitative estimate of drug-likeness (QED) is 0.526. The van der Waals surface area contributed by atoms with E-state index in [1.165, 1.54) is 6.08 Å². The number of likely N-dealkylation sites (N-methyl/N-ethyl adjacent to an activating group) is 1. The molecule has 4 nitrogen and oxygen atoms in total. The summed E-state index contributed by atoms with van der Waals surface area (Å²) >= 11 is 0. The van der Waals surface area contributed by atoms with Gasteiger partial charge in [0.05, 0.1) is 12.2 Å². The molecule has 0 aromatic heterocycles. The number of ether oxygens (including phenoxy) is 1. The Kier molecular flexibility index (Phi) is 7.01. The Hall–Kier alpha value is -0.870. The Balaban J connectivity index is 4.00. The van der Waals surface area contributed by atoms with E-state index in [1.54, 1.807) is 26.8 Å². The Morgan fingerprint density at radius 2 is 2.06 bits per heavy atom. The highest BCUT2D eigenvalue weighted by Crippen LogP contribution is 2.04. The number of hydrogen-bond donors (Lipinski definition) is 1. The van der Waals surface area contributed by atoms with E-state index in [0.717, 1.165) is 6.54 Å². The van der Waals surface area contributed by atoms with Gasteiger partial charge in [0.15, 0.2) is 0 Å². The number of nitrogens with zero attached hydrogens (tertiary/aromatic N) is 1. The normalized spacial score (nSPS) is 12.4. The average Bonchev–Trinajstić information content (AvgIpc) is 2.14. The number of carbonyl (C=O) groups excluding carboxylic acids is 1. The highest BCUT2D eigenvalue weighted by atomic mass is 16.5. The Morgan fingerprint density at radius 3 is 2.50 bits per heavy atom. The maximum absolute atomic E-state index is 11.0. The minimum atomic E-state index is -0.715. The SMILES string of the molecule is CCOC(=O)/C=C/CN(CC)CC(C)(C)O. The number of aliphatic hydroxyl groups is 1. The van der Waals surface area contributed by atoms with Crippen LogP contribution in [0.2, 0.25) is 0 Å². The van der Waals surface area contributed by atoms with E-state index < -0.39 is 5.60 Å². The van der Waals surface area contributed by atoms with Crippen molar-refractivity contribution in [3.05, 3.63) is 12.2 Å². The Bertz CT molecular complexity index is 231. The molecule has 0 aliphatic rings. The highest BCUT2D eigenvalue weighted by molar-refractivity contribution is 5.81. The molecule has 0 heterocycles. The molecule has 0 amide bonds. The van der Waals surface area contributed by atoms with Gasteiger partial charge >= 0.3 is 5.97 Å². The topological polar surface area (TPSA) is 49.8 Å². The summed E-state index contributed by atoms with van der Waals surface area (Å²) in [5.74, 6) is -0.318. The molecule has 0 aliphatic carbocycles. The predicted octanol–water partition coefficient (Wildman–Crippen LogP) is 1.20. The number of esters is 1. The zero-order valence-corrected chi connectivity index (χ0v) is 10.7. The molecule has 0 unspecified atom stereocenters. The zero-order valence-electron chi connectivity index (χ0n) is 10.7. The van der Waals surface area contributed by atoms with Crippen LogP contribution in [0.4, 0.5) is 0 Å². The number of rotatable bonds is 7. The van der Waals surface area contributed by atoms with Crippen molar-refractivity contribution in [3.8, 4) is 0 Å². The van der Waals surface area contributed by atoms with Crippen LogP contribution in [0, 0.1) is 0 Å². The number of carbonyl (C=O) groups is 1. The van der Waals surface area contributed by atoms with Gasteiger partial charge < -0.3 is 9.84 Å². The molecular weight excluding hydrogens is 206 g/mol. The lowest BCUT2D eigenvalue weighted by Crippen LogP contribution is -2.38. The summed E-state index contributed by atoms with van der Waals surface area (Å²) in [6, 6.07) is 0. The fourth-order valence-corrected chi connectivity index (χ4v) is 1.34. The molecule has 0 spiro atoms. The van der Waals surface area contributed by atoms with Crippen molar-refractivity contribution in [2.24, 2.45) is 0 Å². The Morgan fingerprint density at radius 1 is 1.44 bits per heavy atom. The molecule has 0 saturated heterocycles. The smallest absolute Gasteiger partial charge is 0.330 e. The van der Waals surface area contributed by atoms with E-state index in [4.69, 9.17) is 4.74 Å². The van der Waals surface area contributed by atoms with Crippen molar-refractivity contribution in [1.29, 1.82) is 0 Å². The van der Waals surface area contributed by atoms with Crippen molar-refractivity contribution >= 4 is 5.97 Å². The molecule has 0 radical (unpaired) electrons. The van der Waals surface area contributed by atoms with Crippen molar-refractivity contribution in [3.63, 3.8) is 0 Å². The minimum Gasteiger partial charge on any atom is -0.463 e. The van der Waals surface area contributed by atoms with Gasteiger partial charge in [-0.15, -0.1) is 0 Å². The maximum Gasteiger partial charge on any atom is 0.330 e. The van der Waals surface area contributed by atoms with Crippen LogP contribution < -0.4 is 0 Å². The fourth-order valence-electron chi connectivity index (χ4n) is 1.34.